The van der Waals surface area contributed by atoms with Crippen LogP contribution >= 0.6 is 0 Å². The van der Waals surface area contributed by atoms with Crippen LogP contribution in [0.4, 0.5) is 8.78 Å². The normalized spacial score (nSPS) is 16.4. The van der Waals surface area contributed by atoms with Crippen LogP contribution in [0, 0.1) is 11.6 Å². The van der Waals surface area contributed by atoms with Crippen LogP contribution in [0.15, 0.2) is 57.9 Å². The zero-order valence-corrected chi connectivity index (χ0v) is 15.6. The minimum atomic E-state index is -3.74. The molecule has 1 saturated heterocycles. The van der Waals surface area contributed by atoms with Crippen LogP contribution in [0.2, 0.25) is 0 Å². The van der Waals surface area contributed by atoms with Crippen LogP contribution in [0.25, 0.3) is 11.4 Å². The van der Waals surface area contributed by atoms with Gasteiger partial charge in [-0.1, -0.05) is 11.2 Å². The minimum Gasteiger partial charge on any atom is -0.339 e. The quantitative estimate of drug-likeness (QED) is 0.663. The Labute approximate surface area is 160 Å². The third-order valence-corrected chi connectivity index (χ3v) is 6.68. The van der Waals surface area contributed by atoms with E-state index in [0.717, 1.165) is 6.07 Å². The van der Waals surface area contributed by atoms with E-state index < -0.39 is 15.8 Å². The van der Waals surface area contributed by atoms with E-state index in [1.807, 2.05) is 0 Å². The number of hydrogen-bond acceptors (Lipinski definition) is 5. The molecular weight excluding hydrogens is 388 g/mol. The van der Waals surface area contributed by atoms with Gasteiger partial charge in [-0.3, -0.25) is 0 Å². The molecule has 0 unspecified atom stereocenters. The highest BCUT2D eigenvalue weighted by atomic mass is 32.2. The van der Waals surface area contributed by atoms with Crippen molar-refractivity contribution in [2.24, 2.45) is 0 Å². The lowest BCUT2D eigenvalue weighted by Gasteiger charge is -2.29. The van der Waals surface area contributed by atoms with Crippen molar-refractivity contribution in [1.82, 2.24) is 14.4 Å². The smallest absolute Gasteiger partial charge is 0.243 e. The van der Waals surface area contributed by atoms with Gasteiger partial charge in [0.25, 0.3) is 0 Å². The number of sulfonamides is 1. The van der Waals surface area contributed by atoms with E-state index in [1.54, 1.807) is 12.1 Å². The Bertz CT molecular complexity index is 1080. The number of hydrogen-bond donors (Lipinski definition) is 0. The van der Waals surface area contributed by atoms with Crippen LogP contribution < -0.4 is 0 Å². The van der Waals surface area contributed by atoms with Gasteiger partial charge >= 0.3 is 0 Å². The van der Waals surface area contributed by atoms with E-state index in [0.29, 0.717) is 30.1 Å². The molecule has 1 fully saturated rings. The van der Waals surface area contributed by atoms with Crippen molar-refractivity contribution >= 4 is 10.0 Å². The molecule has 0 aliphatic carbocycles. The first-order chi connectivity index (χ1) is 13.4. The molecule has 2 heterocycles. The van der Waals surface area contributed by atoms with Crippen molar-refractivity contribution in [3.8, 4) is 11.4 Å². The van der Waals surface area contributed by atoms with Crippen LogP contribution in [0.1, 0.15) is 24.7 Å². The van der Waals surface area contributed by atoms with Crippen molar-refractivity contribution in [2.75, 3.05) is 13.1 Å². The number of rotatable bonds is 4. The SMILES string of the molecule is O=S(=O)(c1cccc(F)c1)N1CCC(c2nc(-c3ccc(F)cc3)no2)CC1. The molecule has 2 aromatic carbocycles. The van der Waals surface area contributed by atoms with Gasteiger partial charge in [-0.05, 0) is 55.3 Å². The van der Waals surface area contributed by atoms with Gasteiger partial charge in [0.15, 0.2) is 0 Å². The third-order valence-electron chi connectivity index (χ3n) is 4.78. The number of benzene rings is 2. The summed E-state index contributed by atoms with van der Waals surface area (Å²) in [5.41, 5.74) is 0.641. The summed E-state index contributed by atoms with van der Waals surface area (Å²) < 4.78 is 58.5. The average Bonchev–Trinajstić information content (AvgIpc) is 3.19. The van der Waals surface area contributed by atoms with Gasteiger partial charge in [0.05, 0.1) is 4.90 Å². The molecule has 0 N–H and O–H groups in total. The highest BCUT2D eigenvalue weighted by Crippen LogP contribution is 2.31. The van der Waals surface area contributed by atoms with E-state index in [9.17, 15) is 17.2 Å². The van der Waals surface area contributed by atoms with Gasteiger partial charge in [-0.15, -0.1) is 0 Å². The molecule has 0 amide bonds. The first-order valence-electron chi connectivity index (χ1n) is 8.79. The largest absolute Gasteiger partial charge is 0.339 e. The maximum atomic E-state index is 13.4. The maximum Gasteiger partial charge on any atom is 0.243 e. The molecule has 0 atom stereocenters. The fraction of sp³-hybridized carbons (Fsp3) is 0.263. The van der Waals surface area contributed by atoms with Gasteiger partial charge < -0.3 is 4.52 Å². The number of nitrogens with zero attached hydrogens (tertiary/aromatic N) is 3. The highest BCUT2D eigenvalue weighted by molar-refractivity contribution is 7.89. The van der Waals surface area contributed by atoms with Gasteiger partial charge in [-0.2, -0.15) is 9.29 Å². The molecule has 1 aromatic heterocycles. The summed E-state index contributed by atoms with van der Waals surface area (Å²) in [5.74, 6) is -0.206. The lowest BCUT2D eigenvalue weighted by atomic mass is 9.98. The molecule has 0 bridgehead atoms. The zero-order chi connectivity index (χ0) is 19.7. The summed E-state index contributed by atoms with van der Waals surface area (Å²) in [6.07, 6.45) is 1.03. The maximum absolute atomic E-state index is 13.4. The summed E-state index contributed by atoms with van der Waals surface area (Å²) >= 11 is 0. The molecule has 4 rings (SSSR count). The van der Waals surface area contributed by atoms with Crippen molar-refractivity contribution in [3.05, 3.63) is 66.1 Å². The molecule has 0 spiro atoms. The molecule has 28 heavy (non-hydrogen) atoms. The number of halogens is 2. The first kappa shape index (κ1) is 18.7. The predicted molar refractivity (Wildman–Crippen MR) is 96.8 cm³/mol. The predicted octanol–water partition coefficient (Wildman–Crippen LogP) is 3.58. The van der Waals surface area contributed by atoms with Gasteiger partial charge in [-0.25, -0.2) is 17.2 Å². The Morgan fingerprint density at radius 2 is 1.71 bits per heavy atom. The Kier molecular flexibility index (Phi) is 4.94. The van der Waals surface area contributed by atoms with E-state index >= 15 is 0 Å². The molecule has 6 nitrogen and oxygen atoms in total. The summed E-state index contributed by atoms with van der Waals surface area (Å²) in [5, 5.41) is 3.93. The van der Waals surface area contributed by atoms with Gasteiger partial charge in [0, 0.05) is 24.6 Å². The zero-order valence-electron chi connectivity index (χ0n) is 14.8. The van der Waals surface area contributed by atoms with Crippen LogP contribution in [-0.4, -0.2) is 36.0 Å². The molecule has 3 aromatic rings. The topological polar surface area (TPSA) is 76.3 Å². The Balaban J connectivity index is 1.45. The summed E-state index contributed by atoms with van der Waals surface area (Å²) in [7, 11) is -3.74. The molecule has 1 aliphatic rings. The summed E-state index contributed by atoms with van der Waals surface area (Å²) in [6.45, 7) is 0.551. The second-order valence-corrected chi connectivity index (χ2v) is 8.54. The Hall–Kier alpha value is -2.65. The molecule has 0 radical (unpaired) electrons. The fourth-order valence-electron chi connectivity index (χ4n) is 3.24. The van der Waals surface area contributed by atoms with Crippen molar-refractivity contribution in [2.45, 2.75) is 23.7 Å². The van der Waals surface area contributed by atoms with Crippen molar-refractivity contribution < 1.29 is 21.7 Å². The molecule has 0 saturated carbocycles. The summed E-state index contributed by atoms with van der Waals surface area (Å²) in [4.78, 5) is 4.32. The second kappa shape index (κ2) is 7.40. The van der Waals surface area contributed by atoms with E-state index in [1.165, 1.54) is 34.6 Å². The van der Waals surface area contributed by atoms with Crippen molar-refractivity contribution in [1.29, 1.82) is 0 Å². The van der Waals surface area contributed by atoms with Gasteiger partial charge in [0.2, 0.25) is 21.7 Å². The monoisotopic (exact) mass is 405 g/mol. The average molecular weight is 405 g/mol. The number of aromatic nitrogens is 2. The Morgan fingerprint density at radius 3 is 2.39 bits per heavy atom. The second-order valence-electron chi connectivity index (χ2n) is 6.60. The van der Waals surface area contributed by atoms with Crippen LogP contribution in [0.3, 0.4) is 0 Å². The minimum absolute atomic E-state index is 0.0534. The third kappa shape index (κ3) is 3.67. The first-order valence-corrected chi connectivity index (χ1v) is 10.2. The van der Waals surface area contributed by atoms with E-state index in [4.69, 9.17) is 4.52 Å². The molecular formula is C19H17F2N3O3S. The fourth-order valence-corrected chi connectivity index (χ4v) is 4.74. The van der Waals surface area contributed by atoms with Crippen LogP contribution in [-0.2, 0) is 10.0 Å². The lowest BCUT2D eigenvalue weighted by Crippen LogP contribution is -2.38. The van der Waals surface area contributed by atoms with Crippen LogP contribution in [0.5, 0.6) is 0 Å². The van der Waals surface area contributed by atoms with Crippen molar-refractivity contribution in [3.63, 3.8) is 0 Å². The summed E-state index contributed by atoms with van der Waals surface area (Å²) in [6, 6.07) is 10.8. The highest BCUT2D eigenvalue weighted by Gasteiger charge is 2.32. The van der Waals surface area contributed by atoms with E-state index in [-0.39, 0.29) is 29.7 Å². The van der Waals surface area contributed by atoms with Gasteiger partial charge in [0.1, 0.15) is 11.6 Å². The molecule has 9 heteroatoms. The Morgan fingerprint density at radius 1 is 1.00 bits per heavy atom. The van der Waals surface area contributed by atoms with E-state index in [2.05, 4.69) is 10.1 Å². The molecule has 1 aliphatic heterocycles. The number of piperidine rings is 1. The molecule has 146 valence electrons. The standard InChI is InChI=1S/C19H17F2N3O3S/c20-15-6-4-13(5-7-15)18-22-19(27-23-18)14-8-10-24(11-9-14)28(25,26)17-3-1-2-16(21)12-17/h1-7,12,14H,8-11H2. The lowest BCUT2D eigenvalue weighted by molar-refractivity contribution is 0.270.